The summed E-state index contributed by atoms with van der Waals surface area (Å²) in [6, 6.07) is 12.6. The molecule has 0 saturated carbocycles. The van der Waals surface area contributed by atoms with E-state index in [1.165, 1.54) is 5.56 Å². The van der Waals surface area contributed by atoms with Crippen LogP contribution < -0.4 is 5.73 Å². The number of hydrogen-bond donors (Lipinski definition) is 1. The van der Waals surface area contributed by atoms with Crippen molar-refractivity contribution in [3.63, 3.8) is 0 Å². The highest BCUT2D eigenvalue weighted by Crippen LogP contribution is 2.12. The number of hydrogen-bond acceptors (Lipinski definition) is 2. The van der Waals surface area contributed by atoms with E-state index < -0.39 is 0 Å². The Balaban J connectivity index is 1.98. The van der Waals surface area contributed by atoms with Gasteiger partial charge in [-0.3, -0.25) is 4.68 Å². The molecule has 1 unspecified atom stereocenters. The maximum atomic E-state index is 5.84. The summed E-state index contributed by atoms with van der Waals surface area (Å²) in [6.07, 6.45) is 3.95. The van der Waals surface area contributed by atoms with Gasteiger partial charge in [-0.2, -0.15) is 5.10 Å². The van der Waals surface area contributed by atoms with E-state index in [2.05, 4.69) is 35.4 Å². The standard InChI is InChI=1S/C14H19N3/c1-17-8-7-14(16-17)10-13(11-15)9-12-5-3-2-4-6-12/h2-8,13H,9-11,15H2,1H3. The summed E-state index contributed by atoms with van der Waals surface area (Å²) in [5.41, 5.74) is 8.31. The minimum Gasteiger partial charge on any atom is -0.330 e. The van der Waals surface area contributed by atoms with Crippen LogP contribution in [0.25, 0.3) is 0 Å². The lowest BCUT2D eigenvalue weighted by Gasteiger charge is -2.13. The van der Waals surface area contributed by atoms with Crippen LogP contribution in [0, 0.1) is 5.92 Å². The molecule has 17 heavy (non-hydrogen) atoms. The molecule has 1 aromatic heterocycles. The number of nitrogens with two attached hydrogens (primary N) is 1. The lowest BCUT2D eigenvalue weighted by Crippen LogP contribution is -2.19. The van der Waals surface area contributed by atoms with Crippen molar-refractivity contribution in [2.45, 2.75) is 12.8 Å². The zero-order valence-corrected chi connectivity index (χ0v) is 10.2. The molecule has 0 amide bonds. The predicted molar refractivity (Wildman–Crippen MR) is 69.6 cm³/mol. The Labute approximate surface area is 102 Å². The molecular formula is C14H19N3. The average molecular weight is 229 g/mol. The van der Waals surface area contributed by atoms with E-state index >= 15 is 0 Å². The highest BCUT2D eigenvalue weighted by molar-refractivity contribution is 5.16. The maximum Gasteiger partial charge on any atom is 0.0627 e. The van der Waals surface area contributed by atoms with Crippen LogP contribution in [0.3, 0.4) is 0 Å². The molecule has 90 valence electrons. The highest BCUT2D eigenvalue weighted by Gasteiger charge is 2.10. The first kappa shape index (κ1) is 11.9. The van der Waals surface area contributed by atoms with E-state index in [0.717, 1.165) is 18.5 Å². The maximum absolute atomic E-state index is 5.84. The Bertz CT molecular complexity index is 448. The topological polar surface area (TPSA) is 43.8 Å². The molecular weight excluding hydrogens is 210 g/mol. The smallest absolute Gasteiger partial charge is 0.0627 e. The Morgan fingerprint density at radius 2 is 1.94 bits per heavy atom. The number of rotatable bonds is 5. The fourth-order valence-electron chi connectivity index (χ4n) is 2.05. The fraction of sp³-hybridized carbons (Fsp3) is 0.357. The number of aryl methyl sites for hydroxylation is 1. The monoisotopic (exact) mass is 229 g/mol. The van der Waals surface area contributed by atoms with E-state index in [4.69, 9.17) is 5.73 Å². The summed E-state index contributed by atoms with van der Waals surface area (Å²) in [5, 5.41) is 4.40. The van der Waals surface area contributed by atoms with Gasteiger partial charge in [-0.1, -0.05) is 30.3 Å². The summed E-state index contributed by atoms with van der Waals surface area (Å²) >= 11 is 0. The second kappa shape index (κ2) is 5.64. The van der Waals surface area contributed by atoms with Crippen molar-refractivity contribution in [3.05, 3.63) is 53.9 Å². The van der Waals surface area contributed by atoms with Crippen molar-refractivity contribution in [2.24, 2.45) is 18.7 Å². The molecule has 3 heteroatoms. The van der Waals surface area contributed by atoms with Gasteiger partial charge in [0.2, 0.25) is 0 Å². The Morgan fingerprint density at radius 1 is 1.18 bits per heavy atom. The third kappa shape index (κ3) is 3.43. The van der Waals surface area contributed by atoms with Crippen LogP contribution >= 0.6 is 0 Å². The molecule has 0 radical (unpaired) electrons. The van der Waals surface area contributed by atoms with Gasteiger partial charge in [0.1, 0.15) is 0 Å². The lowest BCUT2D eigenvalue weighted by molar-refractivity contribution is 0.522. The first-order valence-electron chi connectivity index (χ1n) is 6.00. The SMILES string of the molecule is Cn1ccc(CC(CN)Cc2ccccc2)n1. The molecule has 0 aliphatic rings. The van der Waals surface area contributed by atoms with Gasteiger partial charge in [-0.15, -0.1) is 0 Å². The van der Waals surface area contributed by atoms with Crippen molar-refractivity contribution < 1.29 is 0 Å². The highest BCUT2D eigenvalue weighted by atomic mass is 15.2. The van der Waals surface area contributed by atoms with Gasteiger partial charge in [0.05, 0.1) is 5.69 Å². The third-order valence-corrected chi connectivity index (χ3v) is 2.97. The fourth-order valence-corrected chi connectivity index (χ4v) is 2.05. The Morgan fingerprint density at radius 3 is 2.53 bits per heavy atom. The van der Waals surface area contributed by atoms with Crippen LogP contribution in [0.4, 0.5) is 0 Å². The van der Waals surface area contributed by atoms with Crippen LogP contribution in [-0.2, 0) is 19.9 Å². The number of benzene rings is 1. The summed E-state index contributed by atoms with van der Waals surface area (Å²) in [6.45, 7) is 0.700. The summed E-state index contributed by atoms with van der Waals surface area (Å²) in [7, 11) is 1.94. The van der Waals surface area contributed by atoms with Crippen LogP contribution in [0.1, 0.15) is 11.3 Å². The Hall–Kier alpha value is -1.61. The molecule has 0 aliphatic heterocycles. The molecule has 3 nitrogen and oxygen atoms in total. The van der Waals surface area contributed by atoms with Crippen molar-refractivity contribution in [2.75, 3.05) is 6.54 Å². The van der Waals surface area contributed by atoms with Crippen LogP contribution in [-0.4, -0.2) is 16.3 Å². The predicted octanol–water partition coefficient (Wildman–Crippen LogP) is 1.78. The van der Waals surface area contributed by atoms with Crippen LogP contribution in [0.2, 0.25) is 0 Å². The van der Waals surface area contributed by atoms with E-state index in [9.17, 15) is 0 Å². The normalized spacial score (nSPS) is 12.6. The minimum atomic E-state index is 0.465. The van der Waals surface area contributed by atoms with Crippen molar-refractivity contribution in [3.8, 4) is 0 Å². The van der Waals surface area contributed by atoms with Gasteiger partial charge in [0.15, 0.2) is 0 Å². The van der Waals surface area contributed by atoms with Gasteiger partial charge >= 0.3 is 0 Å². The van der Waals surface area contributed by atoms with E-state index in [1.807, 2.05) is 24.0 Å². The summed E-state index contributed by atoms with van der Waals surface area (Å²) < 4.78 is 1.84. The molecule has 1 aromatic carbocycles. The van der Waals surface area contributed by atoms with Gasteiger partial charge in [0.25, 0.3) is 0 Å². The van der Waals surface area contributed by atoms with Crippen LogP contribution in [0.5, 0.6) is 0 Å². The quantitative estimate of drug-likeness (QED) is 0.849. The molecule has 0 aliphatic carbocycles. The second-order valence-electron chi connectivity index (χ2n) is 4.48. The molecule has 0 saturated heterocycles. The number of aromatic nitrogens is 2. The summed E-state index contributed by atoms with van der Waals surface area (Å²) in [5.74, 6) is 0.465. The van der Waals surface area contributed by atoms with E-state index in [-0.39, 0.29) is 0 Å². The van der Waals surface area contributed by atoms with Gasteiger partial charge in [-0.25, -0.2) is 0 Å². The van der Waals surface area contributed by atoms with Crippen molar-refractivity contribution >= 4 is 0 Å². The molecule has 2 aromatic rings. The third-order valence-electron chi connectivity index (χ3n) is 2.97. The van der Waals surface area contributed by atoms with Crippen molar-refractivity contribution in [1.29, 1.82) is 0 Å². The Kier molecular flexibility index (Phi) is 3.94. The zero-order chi connectivity index (χ0) is 12.1. The zero-order valence-electron chi connectivity index (χ0n) is 10.2. The molecule has 2 N–H and O–H groups in total. The van der Waals surface area contributed by atoms with Gasteiger partial charge in [0, 0.05) is 13.2 Å². The lowest BCUT2D eigenvalue weighted by atomic mass is 9.95. The van der Waals surface area contributed by atoms with Crippen LogP contribution in [0.15, 0.2) is 42.6 Å². The number of nitrogens with zero attached hydrogens (tertiary/aromatic N) is 2. The molecule has 0 spiro atoms. The molecule has 0 fully saturated rings. The molecule has 0 bridgehead atoms. The first-order chi connectivity index (χ1) is 8.28. The first-order valence-corrected chi connectivity index (χ1v) is 6.00. The molecule has 1 atom stereocenters. The van der Waals surface area contributed by atoms with E-state index in [1.54, 1.807) is 0 Å². The molecule has 2 rings (SSSR count). The molecule has 1 heterocycles. The van der Waals surface area contributed by atoms with Crippen molar-refractivity contribution in [1.82, 2.24) is 9.78 Å². The average Bonchev–Trinajstić information content (AvgIpc) is 2.75. The van der Waals surface area contributed by atoms with E-state index in [0.29, 0.717) is 12.5 Å². The van der Waals surface area contributed by atoms with Gasteiger partial charge < -0.3 is 5.73 Å². The van der Waals surface area contributed by atoms with Gasteiger partial charge in [-0.05, 0) is 36.9 Å². The summed E-state index contributed by atoms with van der Waals surface area (Å²) in [4.78, 5) is 0. The largest absolute Gasteiger partial charge is 0.330 e. The minimum absolute atomic E-state index is 0.465. The second-order valence-corrected chi connectivity index (χ2v) is 4.48.